The number of rotatable bonds is 5. The Morgan fingerprint density at radius 2 is 1.61 bits per heavy atom. The highest BCUT2D eigenvalue weighted by Crippen LogP contribution is 2.44. The first-order valence-electron chi connectivity index (χ1n) is 13.1. The molecule has 8 heteroatoms. The van der Waals surface area contributed by atoms with Crippen LogP contribution in [0.3, 0.4) is 0 Å². The number of carbonyl (C=O) groups excluding carboxylic acids is 2. The molecule has 38 heavy (non-hydrogen) atoms. The topological polar surface area (TPSA) is 96.4 Å². The molecule has 2 aromatic rings. The normalized spacial score (nSPS) is 16.2. The lowest BCUT2D eigenvalue weighted by molar-refractivity contribution is -0.00125. The average Bonchev–Trinajstić information content (AvgIpc) is 2.88. The van der Waals surface area contributed by atoms with Crippen molar-refractivity contribution in [1.29, 1.82) is 0 Å². The molecular weight excluding hydrogens is 484 g/mol. The van der Waals surface area contributed by atoms with Gasteiger partial charge in [-0.15, -0.1) is 0 Å². The standard InChI is InChI=1S/C30H36N2O6/c1-6-31(7-2)26(33)21-10-8-20(9-11-21)24-19-30(37-25-18-22(27(34)35)12-13-23(24)25)14-16-32(17-15-30)28(36)38-29(3,4)5/h8-13,18-19H,6-7,14-17H2,1-5H3,(H,34,35). The van der Waals surface area contributed by atoms with Crippen LogP contribution in [0.1, 0.15) is 79.3 Å². The van der Waals surface area contributed by atoms with Crippen LogP contribution in [0.2, 0.25) is 0 Å². The Balaban J connectivity index is 1.67. The van der Waals surface area contributed by atoms with Crippen molar-refractivity contribution in [2.45, 2.75) is 58.7 Å². The number of ether oxygens (including phenoxy) is 2. The number of hydrogen-bond donors (Lipinski definition) is 1. The fraction of sp³-hybridized carbons (Fsp3) is 0.433. The third kappa shape index (κ3) is 5.69. The number of amides is 2. The summed E-state index contributed by atoms with van der Waals surface area (Å²) in [6.07, 6.45) is 2.80. The molecule has 202 valence electrons. The van der Waals surface area contributed by atoms with Gasteiger partial charge >= 0.3 is 12.1 Å². The molecule has 1 saturated heterocycles. The van der Waals surface area contributed by atoms with Gasteiger partial charge in [0.2, 0.25) is 0 Å². The monoisotopic (exact) mass is 520 g/mol. The van der Waals surface area contributed by atoms with Crippen LogP contribution in [-0.2, 0) is 4.74 Å². The number of likely N-dealkylation sites (tertiary alicyclic amines) is 1. The minimum atomic E-state index is -1.03. The Morgan fingerprint density at radius 3 is 2.16 bits per heavy atom. The van der Waals surface area contributed by atoms with Crippen molar-refractivity contribution in [2.75, 3.05) is 26.2 Å². The zero-order valence-electron chi connectivity index (χ0n) is 22.7. The van der Waals surface area contributed by atoms with E-state index in [-0.39, 0.29) is 17.6 Å². The molecule has 0 unspecified atom stereocenters. The predicted molar refractivity (Wildman–Crippen MR) is 145 cm³/mol. The zero-order valence-corrected chi connectivity index (χ0v) is 22.7. The van der Waals surface area contributed by atoms with Crippen molar-refractivity contribution < 1.29 is 29.0 Å². The summed E-state index contributed by atoms with van der Waals surface area (Å²) in [6, 6.07) is 12.4. The van der Waals surface area contributed by atoms with E-state index in [0.29, 0.717) is 50.3 Å². The van der Waals surface area contributed by atoms with Crippen LogP contribution in [0.25, 0.3) is 5.57 Å². The van der Waals surface area contributed by atoms with Gasteiger partial charge in [-0.2, -0.15) is 0 Å². The lowest BCUT2D eigenvalue weighted by atomic mass is 9.82. The number of carbonyl (C=O) groups is 3. The molecular formula is C30H36N2O6. The molecule has 1 spiro atoms. The van der Waals surface area contributed by atoms with E-state index in [9.17, 15) is 19.5 Å². The minimum Gasteiger partial charge on any atom is -0.482 e. The Kier molecular flexibility index (Phi) is 7.54. The van der Waals surface area contributed by atoms with E-state index in [4.69, 9.17) is 9.47 Å². The van der Waals surface area contributed by atoms with E-state index >= 15 is 0 Å². The Bertz CT molecular complexity index is 1250. The first-order chi connectivity index (χ1) is 17.9. The number of piperidine rings is 1. The van der Waals surface area contributed by atoms with Gasteiger partial charge in [-0.3, -0.25) is 4.79 Å². The molecule has 2 aromatic carbocycles. The number of aromatic carboxylic acids is 1. The SMILES string of the molecule is CCN(CC)C(=O)c1ccc(C2=CC3(CCN(C(=O)OC(C)(C)C)CC3)Oc3cc(C(=O)O)ccc32)cc1. The minimum absolute atomic E-state index is 0.0139. The van der Waals surface area contributed by atoms with Crippen molar-refractivity contribution in [3.05, 3.63) is 70.8 Å². The number of fused-ring (bicyclic) bond motifs is 1. The van der Waals surface area contributed by atoms with Crippen LogP contribution in [0, 0.1) is 0 Å². The van der Waals surface area contributed by atoms with Crippen molar-refractivity contribution in [1.82, 2.24) is 9.80 Å². The van der Waals surface area contributed by atoms with E-state index in [1.165, 1.54) is 0 Å². The van der Waals surface area contributed by atoms with Crippen LogP contribution in [0.4, 0.5) is 4.79 Å². The molecule has 2 amide bonds. The Morgan fingerprint density at radius 1 is 1.00 bits per heavy atom. The number of carboxylic acids is 1. The fourth-order valence-corrected chi connectivity index (χ4v) is 4.92. The maximum absolute atomic E-state index is 12.8. The molecule has 0 bridgehead atoms. The zero-order chi connectivity index (χ0) is 27.7. The summed E-state index contributed by atoms with van der Waals surface area (Å²) in [5, 5.41) is 9.56. The van der Waals surface area contributed by atoms with Gasteiger partial charge in [0.05, 0.1) is 5.56 Å². The molecule has 0 saturated carbocycles. The maximum Gasteiger partial charge on any atom is 0.410 e. The lowest BCUT2D eigenvalue weighted by Crippen LogP contribution is -2.50. The second kappa shape index (κ2) is 10.5. The molecule has 1 fully saturated rings. The molecule has 1 N–H and O–H groups in total. The van der Waals surface area contributed by atoms with Crippen LogP contribution in [0.5, 0.6) is 5.75 Å². The number of carboxylic acid groups (broad SMARTS) is 1. The molecule has 0 aromatic heterocycles. The predicted octanol–water partition coefficient (Wildman–Crippen LogP) is 5.46. The van der Waals surface area contributed by atoms with E-state index in [2.05, 4.69) is 6.08 Å². The van der Waals surface area contributed by atoms with Crippen molar-refractivity contribution >= 4 is 23.5 Å². The van der Waals surface area contributed by atoms with E-state index in [1.54, 1.807) is 28.0 Å². The van der Waals surface area contributed by atoms with Gasteiger partial charge in [-0.1, -0.05) is 12.1 Å². The number of hydrogen-bond acceptors (Lipinski definition) is 5. The fourth-order valence-electron chi connectivity index (χ4n) is 4.92. The highest BCUT2D eigenvalue weighted by molar-refractivity contribution is 5.95. The van der Waals surface area contributed by atoms with Crippen molar-refractivity contribution in [2.24, 2.45) is 0 Å². The van der Waals surface area contributed by atoms with Crippen LogP contribution < -0.4 is 4.74 Å². The average molecular weight is 521 g/mol. The van der Waals surface area contributed by atoms with Gasteiger partial charge in [0.25, 0.3) is 5.91 Å². The van der Waals surface area contributed by atoms with E-state index in [1.807, 2.05) is 58.9 Å². The maximum atomic E-state index is 12.8. The van der Waals surface area contributed by atoms with Crippen LogP contribution in [-0.4, -0.2) is 70.3 Å². The summed E-state index contributed by atoms with van der Waals surface area (Å²) in [5.41, 5.74) is 2.09. The highest BCUT2D eigenvalue weighted by Gasteiger charge is 2.41. The van der Waals surface area contributed by atoms with E-state index < -0.39 is 17.2 Å². The van der Waals surface area contributed by atoms with Crippen molar-refractivity contribution in [3.63, 3.8) is 0 Å². The molecule has 8 nitrogen and oxygen atoms in total. The molecule has 2 aliphatic rings. The largest absolute Gasteiger partial charge is 0.482 e. The highest BCUT2D eigenvalue weighted by atomic mass is 16.6. The summed E-state index contributed by atoms with van der Waals surface area (Å²) in [5.74, 6) is -0.544. The summed E-state index contributed by atoms with van der Waals surface area (Å²) in [4.78, 5) is 40.6. The molecule has 0 radical (unpaired) electrons. The first kappa shape index (κ1) is 27.2. The third-order valence-corrected chi connectivity index (χ3v) is 6.99. The Labute approximate surface area is 223 Å². The molecule has 4 rings (SSSR count). The van der Waals surface area contributed by atoms with Gasteiger partial charge in [-0.05, 0) is 82.2 Å². The molecule has 0 aliphatic carbocycles. The van der Waals surface area contributed by atoms with Crippen molar-refractivity contribution in [3.8, 4) is 5.75 Å². The second-order valence-electron chi connectivity index (χ2n) is 10.8. The van der Waals surface area contributed by atoms with Crippen LogP contribution in [0.15, 0.2) is 48.5 Å². The smallest absolute Gasteiger partial charge is 0.410 e. The summed E-state index contributed by atoms with van der Waals surface area (Å²) in [7, 11) is 0. The van der Waals surface area contributed by atoms with Gasteiger partial charge < -0.3 is 24.4 Å². The lowest BCUT2D eigenvalue weighted by Gasteiger charge is -2.43. The van der Waals surface area contributed by atoms with Gasteiger partial charge in [0.15, 0.2) is 0 Å². The number of nitrogens with zero attached hydrogens (tertiary/aromatic N) is 2. The van der Waals surface area contributed by atoms with Gasteiger partial charge in [0.1, 0.15) is 17.0 Å². The first-order valence-corrected chi connectivity index (χ1v) is 13.1. The van der Waals surface area contributed by atoms with Gasteiger partial charge in [-0.25, -0.2) is 9.59 Å². The second-order valence-corrected chi connectivity index (χ2v) is 10.8. The molecule has 2 heterocycles. The third-order valence-electron chi connectivity index (χ3n) is 6.99. The molecule has 0 atom stereocenters. The molecule has 2 aliphatic heterocycles. The number of benzene rings is 2. The van der Waals surface area contributed by atoms with E-state index in [0.717, 1.165) is 16.7 Å². The van der Waals surface area contributed by atoms with Crippen LogP contribution >= 0.6 is 0 Å². The summed E-state index contributed by atoms with van der Waals surface area (Å²) in [6.45, 7) is 11.6. The summed E-state index contributed by atoms with van der Waals surface area (Å²) < 4.78 is 12.0. The quantitative estimate of drug-likeness (QED) is 0.562. The Hall–Kier alpha value is -3.81. The summed E-state index contributed by atoms with van der Waals surface area (Å²) >= 11 is 0. The van der Waals surface area contributed by atoms with Gasteiger partial charge in [0, 0.05) is 50.1 Å².